The lowest BCUT2D eigenvalue weighted by Gasteiger charge is -2.30. The minimum Gasteiger partial charge on any atom is -0.493 e. The number of rotatable bonds is 7. The van der Waals surface area contributed by atoms with Crippen molar-refractivity contribution in [1.29, 1.82) is 0 Å². The molecule has 1 N–H and O–H groups in total. The molecule has 2 aromatic rings. The Morgan fingerprint density at radius 3 is 2.65 bits per heavy atom. The number of carbonyl (C=O) groups excluding carboxylic acids is 1. The lowest BCUT2D eigenvalue weighted by molar-refractivity contribution is -0.130. The van der Waals surface area contributed by atoms with Crippen LogP contribution in [0.2, 0.25) is 0 Å². The fourth-order valence-electron chi connectivity index (χ4n) is 3.17. The van der Waals surface area contributed by atoms with Gasteiger partial charge in [-0.3, -0.25) is 4.79 Å². The van der Waals surface area contributed by atoms with Crippen LogP contribution in [0.3, 0.4) is 0 Å². The zero-order valence-electron chi connectivity index (χ0n) is 15.5. The molecular formula is C22H28N2O2. The summed E-state index contributed by atoms with van der Waals surface area (Å²) in [5.41, 5.74) is 2.18. The molecule has 1 aliphatic heterocycles. The fourth-order valence-corrected chi connectivity index (χ4v) is 3.17. The van der Waals surface area contributed by atoms with E-state index in [1.807, 2.05) is 47.4 Å². The molecule has 1 heterocycles. The van der Waals surface area contributed by atoms with Gasteiger partial charge in [-0.1, -0.05) is 43.3 Å². The molecule has 4 heteroatoms. The molecule has 0 spiro atoms. The van der Waals surface area contributed by atoms with E-state index in [2.05, 4.69) is 24.4 Å². The van der Waals surface area contributed by atoms with Gasteiger partial charge in [0.15, 0.2) is 0 Å². The topological polar surface area (TPSA) is 41.6 Å². The summed E-state index contributed by atoms with van der Waals surface area (Å²) in [6.45, 7) is 4.98. The van der Waals surface area contributed by atoms with E-state index >= 15 is 0 Å². The Kier molecular flexibility index (Phi) is 6.53. The summed E-state index contributed by atoms with van der Waals surface area (Å²) in [4.78, 5) is 14.3. The molecular weight excluding hydrogens is 324 g/mol. The van der Waals surface area contributed by atoms with E-state index < -0.39 is 0 Å². The highest BCUT2D eigenvalue weighted by Gasteiger charge is 2.19. The normalized spacial score (nSPS) is 14.9. The van der Waals surface area contributed by atoms with Gasteiger partial charge in [0.1, 0.15) is 5.75 Å². The van der Waals surface area contributed by atoms with Gasteiger partial charge in [0, 0.05) is 31.3 Å². The van der Waals surface area contributed by atoms with Crippen molar-refractivity contribution in [1.82, 2.24) is 4.90 Å². The van der Waals surface area contributed by atoms with E-state index in [9.17, 15) is 4.79 Å². The largest absolute Gasteiger partial charge is 0.493 e. The Balaban J connectivity index is 1.44. The second kappa shape index (κ2) is 9.27. The molecule has 0 aromatic heterocycles. The van der Waals surface area contributed by atoms with Gasteiger partial charge in [-0.2, -0.15) is 0 Å². The van der Waals surface area contributed by atoms with E-state index in [4.69, 9.17) is 4.74 Å². The SMILES string of the molecule is CC1CCN(C(=O)CNc2cccc(OCCc3ccccc3)c2)CC1. The Morgan fingerprint density at radius 1 is 1.12 bits per heavy atom. The van der Waals surface area contributed by atoms with Crippen LogP contribution >= 0.6 is 0 Å². The van der Waals surface area contributed by atoms with Gasteiger partial charge >= 0.3 is 0 Å². The number of likely N-dealkylation sites (tertiary alicyclic amines) is 1. The van der Waals surface area contributed by atoms with Crippen LogP contribution in [0, 0.1) is 5.92 Å². The molecule has 3 rings (SSSR count). The van der Waals surface area contributed by atoms with Crippen LogP contribution in [0.1, 0.15) is 25.3 Å². The second-order valence-electron chi connectivity index (χ2n) is 7.03. The predicted octanol–water partition coefficient (Wildman–Crippen LogP) is 3.98. The van der Waals surface area contributed by atoms with Crippen molar-refractivity contribution in [3.63, 3.8) is 0 Å². The third-order valence-electron chi connectivity index (χ3n) is 4.92. The summed E-state index contributed by atoms with van der Waals surface area (Å²) >= 11 is 0. The van der Waals surface area contributed by atoms with E-state index in [1.165, 1.54) is 5.56 Å². The number of benzene rings is 2. The summed E-state index contributed by atoms with van der Waals surface area (Å²) in [6.07, 6.45) is 3.09. The van der Waals surface area contributed by atoms with Crippen molar-refractivity contribution in [2.75, 3.05) is 31.6 Å². The second-order valence-corrected chi connectivity index (χ2v) is 7.03. The zero-order valence-corrected chi connectivity index (χ0v) is 15.5. The first-order chi connectivity index (χ1) is 12.7. The van der Waals surface area contributed by atoms with Crippen LogP contribution < -0.4 is 10.1 Å². The van der Waals surface area contributed by atoms with Crippen molar-refractivity contribution in [2.45, 2.75) is 26.2 Å². The average molecular weight is 352 g/mol. The molecule has 0 saturated carbocycles. The molecule has 0 radical (unpaired) electrons. The monoisotopic (exact) mass is 352 g/mol. The highest BCUT2D eigenvalue weighted by Crippen LogP contribution is 2.19. The van der Waals surface area contributed by atoms with Gasteiger partial charge in [0.05, 0.1) is 13.2 Å². The number of amides is 1. The molecule has 4 nitrogen and oxygen atoms in total. The molecule has 1 fully saturated rings. The van der Waals surface area contributed by atoms with Gasteiger partial charge in [-0.05, 0) is 36.5 Å². The van der Waals surface area contributed by atoms with E-state index in [1.54, 1.807) is 0 Å². The lowest BCUT2D eigenvalue weighted by Crippen LogP contribution is -2.40. The number of piperidine rings is 1. The smallest absolute Gasteiger partial charge is 0.241 e. The summed E-state index contributed by atoms with van der Waals surface area (Å²) in [6, 6.07) is 18.1. The minimum absolute atomic E-state index is 0.173. The van der Waals surface area contributed by atoms with E-state index in [0.717, 1.165) is 49.7 Å². The number of ether oxygens (including phenoxy) is 1. The van der Waals surface area contributed by atoms with Crippen molar-refractivity contribution >= 4 is 11.6 Å². The minimum atomic E-state index is 0.173. The molecule has 1 aliphatic rings. The maximum Gasteiger partial charge on any atom is 0.241 e. The number of anilines is 1. The maximum atomic E-state index is 12.3. The Labute approximate surface area is 156 Å². The fraction of sp³-hybridized carbons (Fsp3) is 0.409. The van der Waals surface area contributed by atoms with Crippen LogP contribution in [-0.4, -0.2) is 37.0 Å². The van der Waals surface area contributed by atoms with Crippen LogP contribution in [0.4, 0.5) is 5.69 Å². The highest BCUT2D eigenvalue weighted by atomic mass is 16.5. The molecule has 138 valence electrons. The average Bonchev–Trinajstić information content (AvgIpc) is 2.68. The highest BCUT2D eigenvalue weighted by molar-refractivity contribution is 5.81. The predicted molar refractivity (Wildman–Crippen MR) is 106 cm³/mol. The maximum absolute atomic E-state index is 12.3. The molecule has 0 aliphatic carbocycles. The molecule has 2 aromatic carbocycles. The standard InChI is InChI=1S/C22H28N2O2/c1-18-10-13-24(14-11-18)22(25)17-23-20-8-5-9-21(16-20)26-15-12-19-6-3-2-4-7-19/h2-9,16,18,23H,10-15,17H2,1H3. The molecule has 0 atom stereocenters. The Hall–Kier alpha value is -2.49. The van der Waals surface area contributed by atoms with Gasteiger partial charge < -0.3 is 15.0 Å². The number of nitrogens with zero attached hydrogens (tertiary/aromatic N) is 1. The Bertz CT molecular complexity index is 694. The first-order valence-corrected chi connectivity index (χ1v) is 9.49. The molecule has 0 bridgehead atoms. The van der Waals surface area contributed by atoms with Crippen LogP contribution in [-0.2, 0) is 11.2 Å². The quantitative estimate of drug-likeness (QED) is 0.819. The summed E-state index contributed by atoms with van der Waals surface area (Å²) in [5.74, 6) is 1.73. The van der Waals surface area contributed by atoms with Gasteiger partial charge in [0.25, 0.3) is 0 Å². The molecule has 26 heavy (non-hydrogen) atoms. The summed E-state index contributed by atoms with van der Waals surface area (Å²) < 4.78 is 5.85. The van der Waals surface area contributed by atoms with Gasteiger partial charge in [-0.15, -0.1) is 0 Å². The summed E-state index contributed by atoms with van der Waals surface area (Å²) in [7, 11) is 0. The van der Waals surface area contributed by atoms with Crippen LogP contribution in [0.15, 0.2) is 54.6 Å². The summed E-state index contributed by atoms with van der Waals surface area (Å²) in [5, 5.41) is 3.23. The number of hydrogen-bond acceptors (Lipinski definition) is 3. The Morgan fingerprint density at radius 2 is 1.88 bits per heavy atom. The molecule has 0 unspecified atom stereocenters. The van der Waals surface area contributed by atoms with Crippen molar-refractivity contribution < 1.29 is 9.53 Å². The number of carbonyl (C=O) groups is 1. The van der Waals surface area contributed by atoms with E-state index in [0.29, 0.717) is 13.2 Å². The van der Waals surface area contributed by atoms with Crippen LogP contribution in [0.5, 0.6) is 5.75 Å². The van der Waals surface area contributed by atoms with Gasteiger partial charge in [-0.25, -0.2) is 0 Å². The van der Waals surface area contributed by atoms with Gasteiger partial charge in [0.2, 0.25) is 5.91 Å². The number of hydrogen-bond donors (Lipinski definition) is 1. The van der Waals surface area contributed by atoms with Crippen LogP contribution in [0.25, 0.3) is 0 Å². The first kappa shape index (κ1) is 18.3. The zero-order chi connectivity index (χ0) is 18.2. The third-order valence-corrected chi connectivity index (χ3v) is 4.92. The van der Waals surface area contributed by atoms with Crippen molar-refractivity contribution in [3.8, 4) is 5.75 Å². The number of nitrogens with one attached hydrogen (secondary N) is 1. The molecule has 1 saturated heterocycles. The first-order valence-electron chi connectivity index (χ1n) is 9.49. The van der Waals surface area contributed by atoms with Crippen molar-refractivity contribution in [3.05, 3.63) is 60.2 Å². The molecule has 1 amide bonds. The lowest BCUT2D eigenvalue weighted by atomic mass is 9.99. The third kappa shape index (κ3) is 5.51. The van der Waals surface area contributed by atoms with E-state index in [-0.39, 0.29) is 5.91 Å². The van der Waals surface area contributed by atoms with Crippen molar-refractivity contribution in [2.24, 2.45) is 5.92 Å².